The summed E-state index contributed by atoms with van der Waals surface area (Å²) in [5.74, 6) is 1.23. The van der Waals surface area contributed by atoms with Gasteiger partial charge in [-0.15, -0.1) is 0 Å². The summed E-state index contributed by atoms with van der Waals surface area (Å²) in [5, 5.41) is 4.70. The maximum absolute atomic E-state index is 6.37. The third kappa shape index (κ3) is 2.92. The molecule has 0 saturated heterocycles. The van der Waals surface area contributed by atoms with Gasteiger partial charge in [-0.3, -0.25) is 0 Å². The molecule has 0 N–H and O–H groups in total. The second-order valence-electron chi connectivity index (χ2n) is 4.66. The summed E-state index contributed by atoms with van der Waals surface area (Å²) in [6.07, 6.45) is 1.61. The molecule has 5 heteroatoms. The van der Waals surface area contributed by atoms with Gasteiger partial charge in [-0.1, -0.05) is 54.1 Å². The van der Waals surface area contributed by atoms with Gasteiger partial charge >= 0.3 is 0 Å². The second-order valence-corrected chi connectivity index (χ2v) is 5.02. The van der Waals surface area contributed by atoms with Gasteiger partial charge < -0.3 is 9.47 Å². The van der Waals surface area contributed by atoms with Gasteiger partial charge in [0.1, 0.15) is 18.0 Å². The zero-order chi connectivity index (χ0) is 15.4. The fraction of sp³-hybridized carbons (Fsp3) is 0.118. The average molecular weight is 315 g/mol. The van der Waals surface area contributed by atoms with Gasteiger partial charge in [0.2, 0.25) is 0 Å². The molecule has 112 valence electrons. The lowest BCUT2D eigenvalue weighted by atomic mass is 10.2. The molecule has 22 heavy (non-hydrogen) atoms. The largest absolute Gasteiger partial charge is 0.494 e. The summed E-state index contributed by atoms with van der Waals surface area (Å²) in [7, 11) is 1.61. The van der Waals surface area contributed by atoms with E-state index in [4.69, 9.17) is 21.1 Å². The number of methoxy groups -OCH3 is 1. The second kappa shape index (κ2) is 6.54. The quantitative estimate of drug-likeness (QED) is 0.711. The van der Waals surface area contributed by atoms with Crippen LogP contribution in [0, 0.1) is 0 Å². The van der Waals surface area contributed by atoms with Gasteiger partial charge in [-0.2, -0.15) is 5.10 Å². The van der Waals surface area contributed by atoms with Crippen LogP contribution < -0.4 is 9.47 Å². The zero-order valence-electron chi connectivity index (χ0n) is 12.1. The van der Waals surface area contributed by atoms with Crippen molar-refractivity contribution in [1.82, 2.24) is 9.78 Å². The molecular formula is C17H15ClN2O2. The molecule has 0 aliphatic carbocycles. The Morgan fingerprint density at radius 3 is 2.50 bits per heavy atom. The Balaban J connectivity index is 1.83. The first-order valence-corrected chi connectivity index (χ1v) is 7.21. The molecule has 0 radical (unpaired) electrons. The molecule has 0 saturated carbocycles. The summed E-state index contributed by atoms with van der Waals surface area (Å²) in [5.41, 5.74) is 1.84. The van der Waals surface area contributed by atoms with Crippen LogP contribution in [0.4, 0.5) is 0 Å². The Morgan fingerprint density at radius 1 is 1.00 bits per heavy atom. The minimum Gasteiger partial charge on any atom is -0.494 e. The molecule has 0 bridgehead atoms. The predicted molar refractivity (Wildman–Crippen MR) is 85.9 cm³/mol. The number of aromatic nitrogens is 2. The molecule has 3 aromatic rings. The maximum atomic E-state index is 6.37. The summed E-state index contributed by atoms with van der Waals surface area (Å²) in [6, 6.07) is 17.5. The Labute approximate surface area is 133 Å². The minimum atomic E-state index is 0.417. The molecule has 0 spiro atoms. The summed E-state index contributed by atoms with van der Waals surface area (Å²) < 4.78 is 12.7. The lowest BCUT2D eigenvalue weighted by molar-refractivity contribution is 0.306. The van der Waals surface area contributed by atoms with Crippen LogP contribution in [0.1, 0.15) is 5.56 Å². The normalized spacial score (nSPS) is 10.5. The lowest BCUT2D eigenvalue weighted by Gasteiger charge is -2.09. The van der Waals surface area contributed by atoms with Crippen molar-refractivity contribution in [2.75, 3.05) is 7.11 Å². The molecule has 0 aliphatic heterocycles. The molecule has 0 aliphatic rings. The average Bonchev–Trinajstić information content (AvgIpc) is 2.94. The number of para-hydroxylation sites is 2. The van der Waals surface area contributed by atoms with Gasteiger partial charge in [-0.25, -0.2) is 4.68 Å². The van der Waals surface area contributed by atoms with Crippen LogP contribution in [0.5, 0.6) is 11.5 Å². The van der Waals surface area contributed by atoms with E-state index in [1.807, 2.05) is 54.6 Å². The summed E-state index contributed by atoms with van der Waals surface area (Å²) in [4.78, 5) is 0. The molecule has 0 amide bonds. The molecule has 3 rings (SSSR count). The summed E-state index contributed by atoms with van der Waals surface area (Å²) >= 11 is 6.37. The number of rotatable bonds is 5. The van der Waals surface area contributed by atoms with Crippen molar-refractivity contribution in [3.05, 3.63) is 71.5 Å². The van der Waals surface area contributed by atoms with Gasteiger partial charge in [0.25, 0.3) is 0 Å². The monoisotopic (exact) mass is 314 g/mol. The standard InChI is InChI=1S/C17H15ClN2O2/c1-21-15-10-6-5-9-14(15)20-17(18)16(11-19-20)22-12-13-7-3-2-4-8-13/h2-11H,12H2,1H3. The molecule has 4 nitrogen and oxygen atoms in total. The number of ether oxygens (including phenoxy) is 2. The highest BCUT2D eigenvalue weighted by molar-refractivity contribution is 6.31. The van der Waals surface area contributed by atoms with Crippen molar-refractivity contribution in [3.63, 3.8) is 0 Å². The third-order valence-electron chi connectivity index (χ3n) is 3.23. The Kier molecular flexibility index (Phi) is 4.30. The topological polar surface area (TPSA) is 36.3 Å². The van der Waals surface area contributed by atoms with Crippen molar-refractivity contribution >= 4 is 11.6 Å². The van der Waals surface area contributed by atoms with Crippen molar-refractivity contribution in [3.8, 4) is 17.2 Å². The van der Waals surface area contributed by atoms with Crippen LogP contribution >= 0.6 is 11.6 Å². The molecule has 1 heterocycles. The SMILES string of the molecule is COc1ccccc1-n1ncc(OCc2ccccc2)c1Cl. The smallest absolute Gasteiger partial charge is 0.177 e. The van der Waals surface area contributed by atoms with Crippen LogP contribution in [0.25, 0.3) is 5.69 Å². The Bertz CT molecular complexity index is 756. The van der Waals surface area contributed by atoms with Crippen LogP contribution in [-0.4, -0.2) is 16.9 Å². The van der Waals surface area contributed by atoms with E-state index in [2.05, 4.69) is 5.10 Å². The van der Waals surface area contributed by atoms with Crippen LogP contribution in [0.3, 0.4) is 0 Å². The van der Waals surface area contributed by atoms with Crippen molar-refractivity contribution in [1.29, 1.82) is 0 Å². The third-order valence-corrected chi connectivity index (χ3v) is 3.58. The van der Waals surface area contributed by atoms with E-state index in [1.165, 1.54) is 0 Å². The first kappa shape index (κ1) is 14.5. The fourth-order valence-corrected chi connectivity index (χ4v) is 2.36. The molecule has 2 aromatic carbocycles. The zero-order valence-corrected chi connectivity index (χ0v) is 12.8. The molecule has 0 fully saturated rings. The minimum absolute atomic E-state index is 0.417. The predicted octanol–water partition coefficient (Wildman–Crippen LogP) is 4.11. The maximum Gasteiger partial charge on any atom is 0.177 e. The highest BCUT2D eigenvalue weighted by atomic mass is 35.5. The molecular weight excluding hydrogens is 300 g/mol. The number of hydrogen-bond acceptors (Lipinski definition) is 3. The van der Waals surface area contributed by atoms with E-state index in [0.717, 1.165) is 11.3 Å². The Hall–Kier alpha value is -2.46. The first-order chi connectivity index (χ1) is 10.8. The summed E-state index contributed by atoms with van der Waals surface area (Å²) in [6.45, 7) is 0.443. The molecule has 1 aromatic heterocycles. The van der Waals surface area contributed by atoms with Gasteiger partial charge in [0.05, 0.1) is 13.3 Å². The van der Waals surface area contributed by atoms with Gasteiger partial charge in [0, 0.05) is 0 Å². The van der Waals surface area contributed by atoms with Crippen LogP contribution in [-0.2, 0) is 6.61 Å². The van der Waals surface area contributed by atoms with Crippen molar-refractivity contribution < 1.29 is 9.47 Å². The number of hydrogen-bond donors (Lipinski definition) is 0. The van der Waals surface area contributed by atoms with E-state index in [-0.39, 0.29) is 0 Å². The van der Waals surface area contributed by atoms with E-state index < -0.39 is 0 Å². The van der Waals surface area contributed by atoms with Gasteiger partial charge in [-0.05, 0) is 17.7 Å². The van der Waals surface area contributed by atoms with Crippen LogP contribution in [0.2, 0.25) is 5.15 Å². The number of halogens is 1. The van der Waals surface area contributed by atoms with E-state index in [0.29, 0.717) is 23.3 Å². The van der Waals surface area contributed by atoms with E-state index >= 15 is 0 Å². The van der Waals surface area contributed by atoms with Crippen molar-refractivity contribution in [2.24, 2.45) is 0 Å². The number of benzene rings is 2. The fourth-order valence-electron chi connectivity index (χ4n) is 2.12. The highest BCUT2D eigenvalue weighted by Crippen LogP contribution is 2.31. The highest BCUT2D eigenvalue weighted by Gasteiger charge is 2.14. The first-order valence-electron chi connectivity index (χ1n) is 6.83. The van der Waals surface area contributed by atoms with Crippen molar-refractivity contribution in [2.45, 2.75) is 6.61 Å². The number of nitrogens with zero attached hydrogens (tertiary/aromatic N) is 2. The molecule has 0 atom stereocenters. The van der Waals surface area contributed by atoms with E-state index in [9.17, 15) is 0 Å². The van der Waals surface area contributed by atoms with Gasteiger partial charge in [0.15, 0.2) is 10.9 Å². The lowest BCUT2D eigenvalue weighted by Crippen LogP contribution is -2.00. The van der Waals surface area contributed by atoms with E-state index in [1.54, 1.807) is 18.0 Å². The Morgan fingerprint density at radius 2 is 1.73 bits per heavy atom. The van der Waals surface area contributed by atoms with Crippen LogP contribution in [0.15, 0.2) is 60.8 Å². The molecule has 0 unspecified atom stereocenters.